The Balaban J connectivity index is 1.33. The second-order valence-corrected chi connectivity index (χ2v) is 13.9. The maximum absolute atomic E-state index is 10.5. The van der Waals surface area contributed by atoms with Crippen LogP contribution in [0.4, 0.5) is 28.4 Å². The van der Waals surface area contributed by atoms with E-state index in [2.05, 4.69) is 52.3 Å². The molecule has 60 heavy (non-hydrogen) atoms. The largest absolute Gasteiger partial charge is 0.351 e. The van der Waals surface area contributed by atoms with Gasteiger partial charge in [-0.25, -0.2) is 14.5 Å². The van der Waals surface area contributed by atoms with Gasteiger partial charge in [0.1, 0.15) is 0 Å². The predicted octanol–water partition coefficient (Wildman–Crippen LogP) is 10.9. The number of hydrogen-bond acceptors (Lipinski definition) is 7. The van der Waals surface area contributed by atoms with Crippen LogP contribution in [0.5, 0.6) is 0 Å². The molecule has 0 atom stereocenters. The van der Waals surface area contributed by atoms with Gasteiger partial charge in [0.05, 0.1) is 90.7 Å². The molecule has 8 rings (SSSR count). The minimum atomic E-state index is 0.332. The zero-order valence-electron chi connectivity index (χ0n) is 32.2. The lowest BCUT2D eigenvalue weighted by Gasteiger charge is -2.30. The molecule has 2 aliphatic heterocycles. The van der Waals surface area contributed by atoms with Gasteiger partial charge in [-0.2, -0.15) is 15.8 Å². The van der Waals surface area contributed by atoms with Crippen molar-refractivity contribution in [2.75, 3.05) is 36.2 Å². The van der Waals surface area contributed by atoms with Crippen molar-refractivity contribution in [2.45, 2.75) is 0 Å². The molecule has 0 spiro atoms. The molecule has 10 nitrogen and oxygen atoms in total. The molecular formula is C50H32N10. The van der Waals surface area contributed by atoms with E-state index in [1.54, 1.807) is 36.4 Å². The fourth-order valence-electron chi connectivity index (χ4n) is 7.94. The summed E-state index contributed by atoms with van der Waals surface area (Å²) in [6.45, 7) is 25.6. The average Bonchev–Trinajstić information content (AvgIpc) is 3.89. The highest BCUT2D eigenvalue weighted by Crippen LogP contribution is 2.47. The van der Waals surface area contributed by atoms with Crippen molar-refractivity contribution in [3.63, 3.8) is 0 Å². The zero-order valence-corrected chi connectivity index (χ0v) is 32.2. The van der Waals surface area contributed by atoms with Gasteiger partial charge >= 0.3 is 0 Å². The van der Waals surface area contributed by atoms with Crippen molar-refractivity contribution in [2.24, 2.45) is 0 Å². The smallest absolute Gasteiger partial charge is 0.196 e. The molecule has 282 valence electrons. The van der Waals surface area contributed by atoms with Crippen LogP contribution in [0.2, 0.25) is 0 Å². The summed E-state index contributed by atoms with van der Waals surface area (Å²) in [6.07, 6.45) is 0. The highest BCUT2D eigenvalue weighted by molar-refractivity contribution is 6.04. The minimum absolute atomic E-state index is 0.332. The number of benzene rings is 6. The number of rotatable bonds is 9. The molecule has 0 bridgehead atoms. The third-order valence-corrected chi connectivity index (χ3v) is 10.6. The lowest BCUT2D eigenvalue weighted by atomic mass is 9.97. The Kier molecular flexibility index (Phi) is 10.5. The molecule has 0 radical (unpaired) electrons. The van der Waals surface area contributed by atoms with E-state index in [1.807, 2.05) is 109 Å². The fraction of sp³-hybridized carbons (Fsp3) is 0.0800. The van der Waals surface area contributed by atoms with Crippen LogP contribution in [-0.4, -0.2) is 36.2 Å². The molecule has 0 saturated carbocycles. The number of nitrogens with zero attached hydrogens (tertiary/aromatic N) is 10. The first-order valence-corrected chi connectivity index (χ1v) is 19.0. The van der Waals surface area contributed by atoms with E-state index in [0.29, 0.717) is 82.4 Å². The fourth-order valence-corrected chi connectivity index (χ4v) is 7.94. The highest BCUT2D eigenvalue weighted by atomic mass is 15.4. The van der Waals surface area contributed by atoms with Crippen molar-refractivity contribution >= 4 is 51.2 Å². The van der Waals surface area contributed by atoms with Gasteiger partial charge in [-0.15, -0.1) is 0 Å². The predicted molar refractivity (Wildman–Crippen MR) is 233 cm³/mol. The first-order valence-electron chi connectivity index (χ1n) is 19.0. The molecule has 0 N–H and O–H groups in total. The lowest BCUT2D eigenvalue weighted by molar-refractivity contribution is 0.341. The molecule has 0 saturated heterocycles. The molecule has 0 amide bonds. The van der Waals surface area contributed by atoms with Crippen LogP contribution in [0.15, 0.2) is 146 Å². The summed E-state index contributed by atoms with van der Waals surface area (Å²) in [6, 6.07) is 51.5. The van der Waals surface area contributed by atoms with Crippen molar-refractivity contribution < 1.29 is 0 Å². The summed E-state index contributed by atoms with van der Waals surface area (Å²) in [5.41, 5.74) is 10.1. The Bertz CT molecular complexity index is 2800. The summed E-state index contributed by atoms with van der Waals surface area (Å²) in [5, 5.41) is 30.8. The van der Waals surface area contributed by atoms with Gasteiger partial charge in [0.15, 0.2) is 17.1 Å². The average molecular weight is 773 g/mol. The molecule has 6 aromatic carbocycles. The molecule has 0 aliphatic carbocycles. The maximum atomic E-state index is 10.5. The van der Waals surface area contributed by atoms with Crippen LogP contribution >= 0.6 is 0 Å². The standard InChI is InChI=1S/C50H32N10/c1-54-38-17-13-19-40(29-38)60-33-57(47(41-20-6-4-15-36(41)31-52)49(60)42-21-7-5-16-37(42)32-53)26-27-58-34-59(39-18-12-14-35(28-39)30-51)50(44-23-9-11-25-46(44)56-3)48(58)43-22-8-10-24-45(43)55-2/h4-25,28-29H,26-27,33-34H2. The Morgan fingerprint density at radius 3 is 1.43 bits per heavy atom. The van der Waals surface area contributed by atoms with Crippen molar-refractivity contribution in [1.82, 2.24) is 9.80 Å². The molecule has 2 heterocycles. The van der Waals surface area contributed by atoms with E-state index < -0.39 is 0 Å². The third kappa shape index (κ3) is 6.87. The molecule has 0 aromatic heterocycles. The Morgan fingerprint density at radius 2 is 0.900 bits per heavy atom. The van der Waals surface area contributed by atoms with Gasteiger partial charge in [0.25, 0.3) is 0 Å². The summed E-state index contributed by atoms with van der Waals surface area (Å²) >= 11 is 0. The van der Waals surface area contributed by atoms with Crippen LogP contribution in [0.1, 0.15) is 38.9 Å². The minimum Gasteiger partial charge on any atom is -0.351 e. The van der Waals surface area contributed by atoms with Crippen molar-refractivity contribution in [1.29, 1.82) is 15.8 Å². The van der Waals surface area contributed by atoms with E-state index in [0.717, 1.165) is 34.2 Å². The first kappa shape index (κ1) is 37.8. The van der Waals surface area contributed by atoms with E-state index in [-0.39, 0.29) is 0 Å². The Hall–Kier alpha value is -9.06. The normalized spacial score (nSPS) is 13.3. The van der Waals surface area contributed by atoms with Crippen LogP contribution in [0.3, 0.4) is 0 Å². The molecule has 0 unspecified atom stereocenters. The molecule has 10 heteroatoms. The quantitative estimate of drug-likeness (QED) is 0.135. The summed E-state index contributed by atoms with van der Waals surface area (Å²) in [5.74, 6) is 0. The topological polar surface area (TPSA) is 97.4 Å². The van der Waals surface area contributed by atoms with Gasteiger partial charge in [0, 0.05) is 46.7 Å². The van der Waals surface area contributed by atoms with Crippen molar-refractivity contribution in [3.8, 4) is 18.2 Å². The summed E-state index contributed by atoms with van der Waals surface area (Å²) in [7, 11) is 0. The molecule has 0 fully saturated rings. The number of nitriles is 3. The Morgan fingerprint density at radius 1 is 0.450 bits per heavy atom. The van der Waals surface area contributed by atoms with E-state index in [1.165, 1.54) is 0 Å². The number of hydrogen-bond donors (Lipinski definition) is 0. The number of para-hydroxylation sites is 2. The second-order valence-electron chi connectivity index (χ2n) is 13.9. The second kappa shape index (κ2) is 16.6. The molecule has 6 aromatic rings. The Labute approximate surface area is 348 Å². The van der Waals surface area contributed by atoms with Gasteiger partial charge in [0.2, 0.25) is 0 Å². The van der Waals surface area contributed by atoms with E-state index in [9.17, 15) is 15.8 Å². The van der Waals surface area contributed by atoms with Crippen LogP contribution in [0.25, 0.3) is 37.3 Å². The lowest BCUT2D eigenvalue weighted by Crippen LogP contribution is -2.36. The highest BCUT2D eigenvalue weighted by Gasteiger charge is 2.37. The zero-order chi connectivity index (χ0) is 41.6. The molecule has 2 aliphatic rings. The van der Waals surface area contributed by atoms with Crippen molar-refractivity contribution in [3.05, 3.63) is 219 Å². The van der Waals surface area contributed by atoms with Gasteiger partial charge in [-0.3, -0.25) is 0 Å². The van der Waals surface area contributed by atoms with E-state index >= 15 is 0 Å². The monoisotopic (exact) mass is 772 g/mol. The maximum Gasteiger partial charge on any atom is 0.196 e. The third-order valence-electron chi connectivity index (χ3n) is 10.6. The van der Waals surface area contributed by atoms with Crippen LogP contribution < -0.4 is 9.80 Å². The van der Waals surface area contributed by atoms with Crippen LogP contribution in [-0.2, 0) is 0 Å². The SMILES string of the molecule is [C-]#[N+]c1cccc(N2CN(CCN3CN(c4cccc(C#N)c4)C(c4ccccc4[N+]#[C-])=C3c3ccccc3[N+]#[C-])C(c3ccccc3C#N)=C2c2ccccc2C#N)c1. The summed E-state index contributed by atoms with van der Waals surface area (Å²) < 4.78 is 0. The summed E-state index contributed by atoms with van der Waals surface area (Å²) in [4.78, 5) is 20.2. The van der Waals surface area contributed by atoms with Gasteiger partial charge in [-0.05, 0) is 42.5 Å². The first-order chi connectivity index (χ1) is 29.5. The van der Waals surface area contributed by atoms with Gasteiger partial charge < -0.3 is 19.6 Å². The molecular weight excluding hydrogens is 741 g/mol. The van der Waals surface area contributed by atoms with Crippen LogP contribution in [0, 0.1) is 53.7 Å². The van der Waals surface area contributed by atoms with Gasteiger partial charge in [-0.1, -0.05) is 103 Å². The number of anilines is 2. The van der Waals surface area contributed by atoms with E-state index in [4.69, 9.17) is 19.7 Å².